The summed E-state index contributed by atoms with van der Waals surface area (Å²) in [6.45, 7) is 0. The molecule has 0 fully saturated rings. The van der Waals surface area contributed by atoms with Gasteiger partial charge in [-0.15, -0.1) is 22.7 Å². The molecular weight excluding hydrogens is 294 g/mol. The zero-order valence-electron chi connectivity index (χ0n) is 10.3. The first-order valence-electron chi connectivity index (χ1n) is 6.42. The maximum atomic E-state index is 14.9. The van der Waals surface area contributed by atoms with E-state index in [9.17, 15) is 8.78 Å². The molecular formula is C16H8F2S2. The summed E-state index contributed by atoms with van der Waals surface area (Å²) >= 11 is 3.01. The minimum atomic E-state index is -0.207. The molecule has 2 aliphatic carbocycles. The third-order valence-corrected chi connectivity index (χ3v) is 6.20. The third kappa shape index (κ3) is 1.15. The molecule has 0 radical (unpaired) electrons. The number of rotatable bonds is 0. The molecule has 98 valence electrons. The van der Waals surface area contributed by atoms with Gasteiger partial charge >= 0.3 is 0 Å². The molecule has 0 atom stereocenters. The second kappa shape index (κ2) is 3.57. The molecule has 3 aromatic rings. The summed E-state index contributed by atoms with van der Waals surface area (Å²) in [5, 5.41) is 3.91. The molecule has 0 saturated heterocycles. The highest BCUT2D eigenvalue weighted by molar-refractivity contribution is 7.14. The van der Waals surface area contributed by atoms with Crippen LogP contribution in [0.4, 0.5) is 8.78 Å². The van der Waals surface area contributed by atoms with Gasteiger partial charge in [-0.1, -0.05) is 0 Å². The Hall–Kier alpha value is -1.52. The summed E-state index contributed by atoms with van der Waals surface area (Å²) in [7, 11) is 0. The zero-order valence-corrected chi connectivity index (χ0v) is 11.9. The topological polar surface area (TPSA) is 0 Å². The molecule has 2 heterocycles. The van der Waals surface area contributed by atoms with Gasteiger partial charge in [0.1, 0.15) is 11.6 Å². The van der Waals surface area contributed by atoms with E-state index in [1.54, 1.807) is 0 Å². The van der Waals surface area contributed by atoms with Gasteiger partial charge in [-0.25, -0.2) is 8.78 Å². The first-order chi connectivity index (χ1) is 9.75. The molecule has 2 aliphatic rings. The van der Waals surface area contributed by atoms with Crippen LogP contribution >= 0.6 is 22.7 Å². The van der Waals surface area contributed by atoms with E-state index in [-0.39, 0.29) is 11.6 Å². The van der Waals surface area contributed by atoms with Crippen molar-refractivity contribution < 1.29 is 8.78 Å². The van der Waals surface area contributed by atoms with Crippen molar-refractivity contribution in [3.05, 3.63) is 56.8 Å². The Morgan fingerprint density at radius 2 is 1.20 bits per heavy atom. The van der Waals surface area contributed by atoms with Gasteiger partial charge < -0.3 is 0 Å². The quantitative estimate of drug-likeness (QED) is 0.367. The SMILES string of the molecule is Fc1c2c(c(F)c3c1-c1sccc1C3)-c1sccc1C2. The summed E-state index contributed by atoms with van der Waals surface area (Å²) in [4.78, 5) is 1.82. The standard InChI is InChI=1S/C16H8F2S2/c17-13-9-5-7-1-3-19-15(7)11(9)14(18)10-6-8-2-4-20-16(8)12(10)13/h1-4H,5-6H2. The van der Waals surface area contributed by atoms with Gasteiger partial charge in [0, 0.05) is 44.8 Å². The fourth-order valence-corrected chi connectivity index (χ4v) is 5.34. The van der Waals surface area contributed by atoms with Crippen LogP contribution in [-0.4, -0.2) is 0 Å². The van der Waals surface area contributed by atoms with Crippen molar-refractivity contribution in [3.63, 3.8) is 0 Å². The van der Waals surface area contributed by atoms with Gasteiger partial charge in [0.25, 0.3) is 0 Å². The van der Waals surface area contributed by atoms with Gasteiger partial charge in [0.2, 0.25) is 0 Å². The van der Waals surface area contributed by atoms with Crippen LogP contribution in [0.2, 0.25) is 0 Å². The number of thiophene rings is 2. The van der Waals surface area contributed by atoms with E-state index in [1.807, 2.05) is 22.9 Å². The van der Waals surface area contributed by atoms with E-state index >= 15 is 0 Å². The molecule has 20 heavy (non-hydrogen) atoms. The fraction of sp³-hybridized carbons (Fsp3) is 0.125. The summed E-state index contributed by atoms with van der Waals surface area (Å²) in [6, 6.07) is 3.95. The second-order valence-corrected chi connectivity index (χ2v) is 7.07. The normalized spacial score (nSPS) is 14.1. The highest BCUT2D eigenvalue weighted by Crippen LogP contribution is 2.51. The van der Waals surface area contributed by atoms with Crippen molar-refractivity contribution in [2.24, 2.45) is 0 Å². The largest absolute Gasteiger partial charge is 0.206 e. The van der Waals surface area contributed by atoms with Crippen LogP contribution in [0.3, 0.4) is 0 Å². The Labute approximate surface area is 122 Å². The van der Waals surface area contributed by atoms with E-state index in [2.05, 4.69) is 0 Å². The molecule has 1 aromatic carbocycles. The molecule has 0 amide bonds. The van der Waals surface area contributed by atoms with E-state index in [1.165, 1.54) is 22.7 Å². The maximum Gasteiger partial charge on any atom is 0.136 e. The first-order valence-corrected chi connectivity index (χ1v) is 8.18. The Morgan fingerprint density at radius 3 is 1.65 bits per heavy atom. The third-order valence-electron chi connectivity index (χ3n) is 4.25. The molecule has 0 aliphatic heterocycles. The van der Waals surface area contributed by atoms with Crippen LogP contribution in [0.25, 0.3) is 20.9 Å². The number of hydrogen-bond acceptors (Lipinski definition) is 2. The Bertz CT molecular complexity index is 812. The van der Waals surface area contributed by atoms with Crippen molar-refractivity contribution in [2.45, 2.75) is 12.8 Å². The minimum absolute atomic E-state index is 0.207. The van der Waals surface area contributed by atoms with Gasteiger partial charge in [0.05, 0.1) is 0 Å². The number of hydrogen-bond donors (Lipinski definition) is 0. The van der Waals surface area contributed by atoms with Gasteiger partial charge in [0.15, 0.2) is 0 Å². The van der Waals surface area contributed by atoms with Crippen molar-refractivity contribution >= 4 is 22.7 Å². The Morgan fingerprint density at radius 1 is 0.750 bits per heavy atom. The average Bonchev–Trinajstić information content (AvgIpc) is 3.13. The lowest BCUT2D eigenvalue weighted by atomic mass is 9.99. The Kier molecular flexibility index (Phi) is 1.99. The van der Waals surface area contributed by atoms with Crippen LogP contribution in [0.15, 0.2) is 22.9 Å². The van der Waals surface area contributed by atoms with Gasteiger partial charge in [-0.05, 0) is 34.0 Å². The lowest BCUT2D eigenvalue weighted by Crippen LogP contribution is -1.99. The zero-order chi connectivity index (χ0) is 13.4. The van der Waals surface area contributed by atoms with Crippen LogP contribution in [0.1, 0.15) is 22.3 Å². The molecule has 0 unspecified atom stereocenters. The van der Waals surface area contributed by atoms with Crippen LogP contribution in [0.5, 0.6) is 0 Å². The summed E-state index contributed by atoms with van der Waals surface area (Å²) < 4.78 is 29.8. The molecule has 0 N–H and O–H groups in total. The lowest BCUT2D eigenvalue weighted by molar-refractivity contribution is 0.591. The molecule has 0 nitrogen and oxygen atoms in total. The van der Waals surface area contributed by atoms with E-state index in [4.69, 9.17) is 0 Å². The number of fused-ring (bicyclic) bond motifs is 6. The maximum absolute atomic E-state index is 14.9. The lowest BCUT2D eigenvalue weighted by Gasteiger charge is -2.10. The Balaban J connectivity index is 1.90. The van der Waals surface area contributed by atoms with E-state index in [0.29, 0.717) is 35.1 Å². The first kappa shape index (κ1) is 11.2. The van der Waals surface area contributed by atoms with Gasteiger partial charge in [-0.2, -0.15) is 0 Å². The number of benzene rings is 1. The molecule has 5 rings (SSSR count). The summed E-state index contributed by atoms with van der Waals surface area (Å²) in [5.41, 5.74) is 4.23. The van der Waals surface area contributed by atoms with Crippen molar-refractivity contribution in [1.29, 1.82) is 0 Å². The van der Waals surface area contributed by atoms with Crippen molar-refractivity contribution in [2.75, 3.05) is 0 Å². The molecule has 2 aromatic heterocycles. The van der Waals surface area contributed by atoms with E-state index in [0.717, 1.165) is 20.9 Å². The van der Waals surface area contributed by atoms with Crippen LogP contribution in [-0.2, 0) is 12.8 Å². The van der Waals surface area contributed by atoms with Crippen LogP contribution < -0.4 is 0 Å². The molecule has 0 spiro atoms. The average molecular weight is 302 g/mol. The van der Waals surface area contributed by atoms with Gasteiger partial charge in [-0.3, -0.25) is 0 Å². The predicted octanol–water partition coefficient (Wildman–Crippen LogP) is 5.23. The van der Waals surface area contributed by atoms with Crippen molar-refractivity contribution in [1.82, 2.24) is 0 Å². The van der Waals surface area contributed by atoms with Crippen molar-refractivity contribution in [3.8, 4) is 20.9 Å². The molecule has 4 heteroatoms. The predicted molar refractivity (Wildman–Crippen MR) is 78.6 cm³/mol. The monoisotopic (exact) mass is 302 g/mol. The highest BCUT2D eigenvalue weighted by atomic mass is 32.1. The molecule has 0 bridgehead atoms. The number of halogens is 2. The van der Waals surface area contributed by atoms with E-state index < -0.39 is 0 Å². The summed E-state index contributed by atoms with van der Waals surface area (Å²) in [6.07, 6.45) is 1.04. The smallest absolute Gasteiger partial charge is 0.136 e. The molecule has 0 saturated carbocycles. The van der Waals surface area contributed by atoms with Crippen LogP contribution in [0, 0.1) is 11.6 Å². The second-order valence-electron chi connectivity index (χ2n) is 5.24. The summed E-state index contributed by atoms with van der Waals surface area (Å²) in [5.74, 6) is -0.415. The minimum Gasteiger partial charge on any atom is -0.206 e. The fourth-order valence-electron chi connectivity index (χ4n) is 3.36. The highest BCUT2D eigenvalue weighted by Gasteiger charge is 2.35.